The fourth-order valence-electron chi connectivity index (χ4n) is 1.46. The highest BCUT2D eigenvalue weighted by Crippen LogP contribution is 2.32. The molecular weight excluding hydrogens is 170 g/mol. The van der Waals surface area contributed by atoms with E-state index in [1.807, 2.05) is 18.4 Å². The van der Waals surface area contributed by atoms with Crippen molar-refractivity contribution in [2.75, 3.05) is 13.7 Å². The van der Waals surface area contributed by atoms with E-state index in [1.165, 1.54) is 9.75 Å². The Morgan fingerprint density at radius 2 is 2.50 bits per heavy atom. The van der Waals surface area contributed by atoms with Gasteiger partial charge in [0.2, 0.25) is 0 Å². The first-order chi connectivity index (χ1) is 5.79. The number of thiophene rings is 1. The van der Waals surface area contributed by atoms with E-state index >= 15 is 0 Å². The van der Waals surface area contributed by atoms with Crippen LogP contribution in [0, 0.1) is 6.92 Å². The van der Waals surface area contributed by atoms with Gasteiger partial charge >= 0.3 is 0 Å². The maximum Gasteiger partial charge on any atom is 0.133 e. The summed E-state index contributed by atoms with van der Waals surface area (Å²) >= 11 is 1.84. The summed E-state index contributed by atoms with van der Waals surface area (Å²) in [6.07, 6.45) is 1.12. The molecule has 1 unspecified atom stereocenters. The van der Waals surface area contributed by atoms with Gasteiger partial charge in [0.1, 0.15) is 12.4 Å². The highest BCUT2D eigenvalue weighted by atomic mass is 32.1. The van der Waals surface area contributed by atoms with Crippen LogP contribution in [0.4, 0.5) is 0 Å². The van der Waals surface area contributed by atoms with Crippen LogP contribution in [-0.4, -0.2) is 19.7 Å². The van der Waals surface area contributed by atoms with Crippen molar-refractivity contribution in [3.8, 4) is 5.75 Å². The number of fused-ring (bicyclic) bond motifs is 1. The number of rotatable bonds is 1. The number of nitrogens with one attached hydrogen (secondary N) is 1. The Morgan fingerprint density at radius 3 is 3.25 bits per heavy atom. The Hall–Kier alpha value is -0.540. The van der Waals surface area contributed by atoms with Crippen molar-refractivity contribution in [2.24, 2.45) is 0 Å². The zero-order valence-corrected chi connectivity index (χ0v) is 8.20. The normalized spacial score (nSPS) is 21.7. The van der Waals surface area contributed by atoms with Gasteiger partial charge in [-0.1, -0.05) is 0 Å². The molecule has 2 rings (SSSR count). The predicted octanol–water partition coefficient (Wildman–Crippen LogP) is 1.58. The van der Waals surface area contributed by atoms with E-state index in [2.05, 4.69) is 18.3 Å². The third-order valence-corrected chi connectivity index (χ3v) is 3.23. The lowest BCUT2D eigenvalue weighted by Crippen LogP contribution is -2.36. The Balaban J connectivity index is 2.22. The second kappa shape index (κ2) is 3.07. The zero-order chi connectivity index (χ0) is 8.55. The van der Waals surface area contributed by atoms with Gasteiger partial charge in [-0.25, -0.2) is 0 Å². The predicted molar refractivity (Wildman–Crippen MR) is 51.1 cm³/mol. The number of aryl methyl sites for hydroxylation is 1. The van der Waals surface area contributed by atoms with Gasteiger partial charge in [0.05, 0.1) is 0 Å². The van der Waals surface area contributed by atoms with E-state index < -0.39 is 0 Å². The molecule has 0 aromatic carbocycles. The van der Waals surface area contributed by atoms with Crippen molar-refractivity contribution in [3.63, 3.8) is 0 Å². The van der Waals surface area contributed by atoms with Crippen LogP contribution >= 0.6 is 11.3 Å². The first-order valence-electron chi connectivity index (χ1n) is 4.19. The summed E-state index contributed by atoms with van der Waals surface area (Å²) in [6.45, 7) is 2.93. The minimum absolute atomic E-state index is 0.496. The number of ether oxygens (including phenoxy) is 1. The molecule has 0 fully saturated rings. The average molecular weight is 183 g/mol. The molecule has 0 saturated heterocycles. The van der Waals surface area contributed by atoms with Crippen LogP contribution in [0.2, 0.25) is 0 Å². The molecule has 1 aliphatic heterocycles. The van der Waals surface area contributed by atoms with Gasteiger partial charge in [-0.15, -0.1) is 11.3 Å². The molecule has 1 aliphatic rings. The Bertz CT molecular complexity index is 282. The van der Waals surface area contributed by atoms with Gasteiger partial charge in [-0.3, -0.25) is 0 Å². The molecule has 0 amide bonds. The van der Waals surface area contributed by atoms with Crippen LogP contribution in [-0.2, 0) is 6.42 Å². The molecule has 0 spiro atoms. The number of hydrogen-bond acceptors (Lipinski definition) is 3. The molecule has 0 bridgehead atoms. The molecule has 12 heavy (non-hydrogen) atoms. The lowest BCUT2D eigenvalue weighted by Gasteiger charge is -2.21. The summed E-state index contributed by atoms with van der Waals surface area (Å²) in [7, 11) is 1.99. The van der Waals surface area contributed by atoms with Gasteiger partial charge in [-0.05, 0) is 20.0 Å². The highest BCUT2D eigenvalue weighted by molar-refractivity contribution is 7.12. The van der Waals surface area contributed by atoms with Gasteiger partial charge in [0.25, 0.3) is 0 Å². The Morgan fingerprint density at radius 1 is 1.67 bits per heavy atom. The topological polar surface area (TPSA) is 21.3 Å². The van der Waals surface area contributed by atoms with Crippen molar-refractivity contribution in [3.05, 3.63) is 15.8 Å². The van der Waals surface area contributed by atoms with Crippen molar-refractivity contribution < 1.29 is 4.74 Å². The van der Waals surface area contributed by atoms with Crippen molar-refractivity contribution in [1.29, 1.82) is 0 Å². The molecule has 0 saturated carbocycles. The van der Waals surface area contributed by atoms with Crippen LogP contribution in [0.15, 0.2) is 6.07 Å². The lowest BCUT2D eigenvalue weighted by molar-refractivity contribution is 0.248. The monoisotopic (exact) mass is 183 g/mol. The van der Waals surface area contributed by atoms with E-state index in [0.29, 0.717) is 6.04 Å². The van der Waals surface area contributed by atoms with Crippen molar-refractivity contribution >= 4 is 11.3 Å². The molecule has 1 atom stereocenters. The third-order valence-electron chi connectivity index (χ3n) is 2.17. The fraction of sp³-hybridized carbons (Fsp3) is 0.556. The quantitative estimate of drug-likeness (QED) is 0.713. The highest BCUT2D eigenvalue weighted by Gasteiger charge is 2.19. The summed E-state index contributed by atoms with van der Waals surface area (Å²) in [4.78, 5) is 2.73. The van der Waals surface area contributed by atoms with Crippen molar-refractivity contribution in [1.82, 2.24) is 5.32 Å². The molecule has 0 aliphatic carbocycles. The third kappa shape index (κ3) is 1.34. The average Bonchev–Trinajstić information content (AvgIpc) is 2.43. The van der Waals surface area contributed by atoms with Gasteiger partial charge in [0.15, 0.2) is 0 Å². The van der Waals surface area contributed by atoms with Gasteiger partial charge < -0.3 is 10.1 Å². The second-order valence-electron chi connectivity index (χ2n) is 3.15. The first-order valence-corrected chi connectivity index (χ1v) is 5.00. The van der Waals surface area contributed by atoms with Crippen LogP contribution in [0.1, 0.15) is 9.75 Å². The lowest BCUT2D eigenvalue weighted by atomic mass is 10.1. The maximum atomic E-state index is 5.60. The molecule has 66 valence electrons. The van der Waals surface area contributed by atoms with E-state index in [0.717, 1.165) is 18.8 Å². The number of hydrogen-bond donors (Lipinski definition) is 1. The second-order valence-corrected chi connectivity index (χ2v) is 4.49. The largest absolute Gasteiger partial charge is 0.491 e. The van der Waals surface area contributed by atoms with Crippen molar-refractivity contribution in [2.45, 2.75) is 19.4 Å². The summed E-state index contributed by atoms with van der Waals surface area (Å²) in [6, 6.07) is 2.63. The van der Waals surface area contributed by atoms with Gasteiger partial charge in [0, 0.05) is 22.2 Å². The maximum absolute atomic E-state index is 5.60. The Kier molecular flexibility index (Phi) is 2.07. The van der Waals surface area contributed by atoms with E-state index in [-0.39, 0.29) is 0 Å². The smallest absolute Gasteiger partial charge is 0.133 e. The van der Waals surface area contributed by atoms with Crippen LogP contribution in [0.5, 0.6) is 5.75 Å². The summed E-state index contributed by atoms with van der Waals surface area (Å²) in [5.41, 5.74) is 0. The first kappa shape index (κ1) is 8.08. The van der Waals surface area contributed by atoms with Gasteiger partial charge in [-0.2, -0.15) is 0 Å². The van der Waals surface area contributed by atoms with Crippen LogP contribution < -0.4 is 10.1 Å². The molecule has 3 heteroatoms. The minimum Gasteiger partial charge on any atom is -0.491 e. The number of likely N-dealkylation sites (N-methyl/N-ethyl adjacent to an activating group) is 1. The summed E-state index contributed by atoms with van der Waals surface area (Å²) < 4.78 is 5.60. The van der Waals surface area contributed by atoms with E-state index in [4.69, 9.17) is 4.74 Å². The molecule has 1 aromatic rings. The summed E-state index contributed by atoms with van der Waals surface area (Å²) in [5, 5.41) is 3.24. The zero-order valence-electron chi connectivity index (χ0n) is 7.39. The molecule has 2 heterocycles. The summed E-state index contributed by atoms with van der Waals surface area (Å²) in [5.74, 6) is 1.10. The molecule has 1 N–H and O–H groups in total. The standard InChI is InChI=1S/C9H13NOS/c1-6-3-8-9(12-6)4-7(10-2)5-11-8/h3,7,10H,4-5H2,1-2H3. The Labute approximate surface area is 76.6 Å². The van der Waals surface area contributed by atoms with Crippen LogP contribution in [0.25, 0.3) is 0 Å². The molecule has 1 aromatic heterocycles. The van der Waals surface area contributed by atoms with E-state index in [9.17, 15) is 0 Å². The molecule has 2 nitrogen and oxygen atoms in total. The minimum atomic E-state index is 0.496. The van der Waals surface area contributed by atoms with E-state index in [1.54, 1.807) is 0 Å². The van der Waals surface area contributed by atoms with Crippen LogP contribution in [0.3, 0.4) is 0 Å². The molecule has 0 radical (unpaired) electrons. The fourth-order valence-corrected chi connectivity index (χ4v) is 2.52. The molecular formula is C9H13NOS. The SMILES string of the molecule is CNC1COc2cc(C)sc2C1.